The molecule has 0 atom stereocenters. The van der Waals surface area contributed by atoms with E-state index in [-0.39, 0.29) is 12.4 Å². The average Bonchev–Trinajstić information content (AvgIpc) is 2.76. The van der Waals surface area contributed by atoms with Gasteiger partial charge >= 0.3 is 0 Å². The fraction of sp³-hybridized carbons (Fsp3) is 0.231. The van der Waals surface area contributed by atoms with E-state index in [4.69, 9.17) is 4.42 Å². The van der Waals surface area contributed by atoms with Crippen molar-refractivity contribution in [3.05, 3.63) is 48.2 Å². The lowest BCUT2D eigenvalue weighted by Gasteiger charge is -1.98. The van der Waals surface area contributed by atoms with Crippen LogP contribution in [0, 0.1) is 0 Å². The van der Waals surface area contributed by atoms with E-state index in [0.29, 0.717) is 0 Å². The standard InChI is InChI=1S/C13H15NO.ClH/c1-2-14-10-12-8-9-13(15-12)11-6-4-3-5-7-11;/h3-9,14H,2,10H2,1H3;1H. The number of hydrogen-bond acceptors (Lipinski definition) is 2. The molecule has 2 nitrogen and oxygen atoms in total. The van der Waals surface area contributed by atoms with Crippen molar-refractivity contribution in [3.8, 4) is 11.3 Å². The number of halogens is 1. The Bertz CT molecular complexity index is 411. The Kier molecular flexibility index (Phi) is 5.09. The van der Waals surface area contributed by atoms with Crippen LogP contribution < -0.4 is 5.32 Å². The summed E-state index contributed by atoms with van der Waals surface area (Å²) in [6.45, 7) is 3.84. The van der Waals surface area contributed by atoms with E-state index in [1.807, 2.05) is 30.3 Å². The summed E-state index contributed by atoms with van der Waals surface area (Å²) >= 11 is 0. The fourth-order valence-electron chi connectivity index (χ4n) is 1.48. The maximum atomic E-state index is 5.71. The van der Waals surface area contributed by atoms with Crippen LogP contribution in [0.25, 0.3) is 11.3 Å². The molecule has 0 unspecified atom stereocenters. The molecule has 0 bridgehead atoms. The molecule has 3 heteroatoms. The van der Waals surface area contributed by atoms with Crippen LogP contribution in [-0.4, -0.2) is 6.54 Å². The van der Waals surface area contributed by atoms with Crippen molar-refractivity contribution < 1.29 is 4.42 Å². The fourth-order valence-corrected chi connectivity index (χ4v) is 1.48. The maximum Gasteiger partial charge on any atom is 0.134 e. The molecule has 2 aromatic rings. The lowest BCUT2D eigenvalue weighted by atomic mass is 10.2. The molecule has 1 N–H and O–H groups in total. The molecule has 0 saturated carbocycles. The zero-order chi connectivity index (χ0) is 10.5. The first-order valence-corrected chi connectivity index (χ1v) is 5.25. The summed E-state index contributed by atoms with van der Waals surface area (Å²) in [7, 11) is 0. The van der Waals surface area contributed by atoms with E-state index in [1.54, 1.807) is 0 Å². The van der Waals surface area contributed by atoms with Gasteiger partial charge in [-0.2, -0.15) is 0 Å². The molecular formula is C13H16ClNO. The van der Waals surface area contributed by atoms with Gasteiger partial charge in [0.25, 0.3) is 0 Å². The summed E-state index contributed by atoms with van der Waals surface area (Å²) in [4.78, 5) is 0. The van der Waals surface area contributed by atoms with Crippen LogP contribution in [0.5, 0.6) is 0 Å². The first kappa shape index (κ1) is 12.8. The smallest absolute Gasteiger partial charge is 0.134 e. The third-order valence-corrected chi connectivity index (χ3v) is 2.27. The van der Waals surface area contributed by atoms with Crippen LogP contribution in [0.3, 0.4) is 0 Å². The van der Waals surface area contributed by atoms with Crippen LogP contribution in [-0.2, 0) is 6.54 Å². The second-order valence-corrected chi connectivity index (χ2v) is 3.41. The largest absolute Gasteiger partial charge is 0.460 e. The Labute approximate surface area is 102 Å². The molecule has 0 spiro atoms. The molecule has 0 fully saturated rings. The Morgan fingerprint density at radius 3 is 2.50 bits per heavy atom. The second kappa shape index (κ2) is 6.36. The maximum absolute atomic E-state index is 5.71. The average molecular weight is 238 g/mol. The normalized spacial score (nSPS) is 9.81. The lowest BCUT2D eigenvalue weighted by molar-refractivity contribution is 0.498. The molecule has 2 rings (SSSR count). The molecule has 1 aromatic heterocycles. The van der Waals surface area contributed by atoms with Crippen LogP contribution in [0.2, 0.25) is 0 Å². The first-order valence-electron chi connectivity index (χ1n) is 5.25. The minimum atomic E-state index is 0. The van der Waals surface area contributed by atoms with E-state index in [1.165, 1.54) is 0 Å². The second-order valence-electron chi connectivity index (χ2n) is 3.41. The molecule has 0 saturated heterocycles. The Balaban J connectivity index is 0.00000128. The molecule has 0 aliphatic rings. The van der Waals surface area contributed by atoms with E-state index in [2.05, 4.69) is 24.4 Å². The minimum absolute atomic E-state index is 0. The van der Waals surface area contributed by atoms with Gasteiger partial charge in [-0.1, -0.05) is 37.3 Å². The zero-order valence-corrected chi connectivity index (χ0v) is 10.1. The zero-order valence-electron chi connectivity index (χ0n) is 9.27. The van der Waals surface area contributed by atoms with Gasteiger partial charge in [0.1, 0.15) is 11.5 Å². The summed E-state index contributed by atoms with van der Waals surface area (Å²) in [6, 6.07) is 14.2. The summed E-state index contributed by atoms with van der Waals surface area (Å²) in [6.07, 6.45) is 0. The summed E-state index contributed by atoms with van der Waals surface area (Å²) in [5.74, 6) is 1.92. The van der Waals surface area contributed by atoms with Crippen LogP contribution in [0.1, 0.15) is 12.7 Å². The number of rotatable bonds is 4. The van der Waals surface area contributed by atoms with Gasteiger partial charge in [0.05, 0.1) is 6.54 Å². The monoisotopic (exact) mass is 237 g/mol. The highest BCUT2D eigenvalue weighted by Crippen LogP contribution is 2.21. The Morgan fingerprint density at radius 2 is 1.81 bits per heavy atom. The van der Waals surface area contributed by atoms with Crippen molar-refractivity contribution in [2.24, 2.45) is 0 Å². The van der Waals surface area contributed by atoms with Crippen LogP contribution in [0.4, 0.5) is 0 Å². The van der Waals surface area contributed by atoms with Crippen molar-refractivity contribution >= 4 is 12.4 Å². The molecule has 16 heavy (non-hydrogen) atoms. The minimum Gasteiger partial charge on any atom is -0.460 e. The lowest BCUT2D eigenvalue weighted by Crippen LogP contribution is -2.10. The van der Waals surface area contributed by atoms with Gasteiger partial charge in [0.2, 0.25) is 0 Å². The molecule has 0 amide bonds. The predicted octanol–water partition coefficient (Wildman–Crippen LogP) is 3.48. The molecule has 0 aliphatic heterocycles. The Hall–Kier alpha value is -1.25. The topological polar surface area (TPSA) is 25.2 Å². The van der Waals surface area contributed by atoms with Gasteiger partial charge in [-0.05, 0) is 18.7 Å². The molecule has 86 valence electrons. The highest BCUT2D eigenvalue weighted by atomic mass is 35.5. The molecular weight excluding hydrogens is 222 g/mol. The van der Waals surface area contributed by atoms with Gasteiger partial charge in [0.15, 0.2) is 0 Å². The Morgan fingerprint density at radius 1 is 1.06 bits per heavy atom. The molecule has 0 radical (unpaired) electrons. The highest BCUT2D eigenvalue weighted by molar-refractivity contribution is 5.85. The summed E-state index contributed by atoms with van der Waals surface area (Å²) < 4.78 is 5.71. The number of nitrogens with one attached hydrogen (secondary N) is 1. The summed E-state index contributed by atoms with van der Waals surface area (Å²) in [5.41, 5.74) is 1.13. The molecule has 1 aromatic carbocycles. The third-order valence-electron chi connectivity index (χ3n) is 2.27. The van der Waals surface area contributed by atoms with Gasteiger partial charge in [0, 0.05) is 5.56 Å². The SMILES string of the molecule is CCNCc1ccc(-c2ccccc2)o1.Cl. The van der Waals surface area contributed by atoms with Crippen molar-refractivity contribution in [3.63, 3.8) is 0 Å². The molecule has 0 aliphatic carbocycles. The van der Waals surface area contributed by atoms with Gasteiger partial charge in [-0.15, -0.1) is 12.4 Å². The predicted molar refractivity (Wildman–Crippen MR) is 68.8 cm³/mol. The van der Waals surface area contributed by atoms with E-state index in [9.17, 15) is 0 Å². The quantitative estimate of drug-likeness (QED) is 0.881. The molecule has 1 heterocycles. The highest BCUT2D eigenvalue weighted by Gasteiger charge is 2.02. The van der Waals surface area contributed by atoms with Crippen LogP contribution >= 0.6 is 12.4 Å². The van der Waals surface area contributed by atoms with Gasteiger partial charge in [-0.25, -0.2) is 0 Å². The van der Waals surface area contributed by atoms with Crippen molar-refractivity contribution in [2.45, 2.75) is 13.5 Å². The third kappa shape index (κ3) is 3.12. The van der Waals surface area contributed by atoms with E-state index in [0.717, 1.165) is 30.2 Å². The van der Waals surface area contributed by atoms with Crippen LogP contribution in [0.15, 0.2) is 46.9 Å². The van der Waals surface area contributed by atoms with E-state index >= 15 is 0 Å². The summed E-state index contributed by atoms with van der Waals surface area (Å²) in [5, 5.41) is 3.24. The first-order chi connectivity index (χ1) is 7.40. The van der Waals surface area contributed by atoms with Crippen molar-refractivity contribution in [1.82, 2.24) is 5.32 Å². The van der Waals surface area contributed by atoms with Crippen molar-refractivity contribution in [2.75, 3.05) is 6.54 Å². The van der Waals surface area contributed by atoms with Gasteiger partial charge in [-0.3, -0.25) is 0 Å². The van der Waals surface area contributed by atoms with Gasteiger partial charge < -0.3 is 9.73 Å². The number of furan rings is 1. The number of hydrogen-bond donors (Lipinski definition) is 1. The van der Waals surface area contributed by atoms with Crippen molar-refractivity contribution in [1.29, 1.82) is 0 Å². The van der Waals surface area contributed by atoms with E-state index < -0.39 is 0 Å². The number of benzene rings is 1.